The molecular weight excluding hydrogens is 256 g/mol. The zero-order chi connectivity index (χ0) is 13.7. The molecule has 0 radical (unpaired) electrons. The lowest BCUT2D eigenvalue weighted by Gasteiger charge is -2.10. The van der Waals surface area contributed by atoms with Crippen LogP contribution in [0.5, 0.6) is 0 Å². The van der Waals surface area contributed by atoms with Gasteiger partial charge in [-0.25, -0.2) is 4.98 Å². The summed E-state index contributed by atoms with van der Waals surface area (Å²) in [6.07, 6.45) is 3.56. The summed E-state index contributed by atoms with van der Waals surface area (Å²) in [5, 5.41) is 6.77. The number of nitrogens with zero attached hydrogens (tertiary/aromatic N) is 2. The third-order valence-corrected chi connectivity index (χ3v) is 2.76. The number of thiocarbonyl (C=S) groups is 1. The van der Waals surface area contributed by atoms with E-state index in [1.54, 1.807) is 6.20 Å². The highest BCUT2D eigenvalue weighted by molar-refractivity contribution is 7.80. The molecule has 0 aliphatic carbocycles. The minimum absolute atomic E-state index is 0.557. The fourth-order valence-corrected chi connectivity index (χ4v) is 1.93. The normalized spacial score (nSPS) is 10.0. The van der Waals surface area contributed by atoms with Crippen molar-refractivity contribution in [3.8, 4) is 0 Å². The van der Waals surface area contributed by atoms with E-state index in [0.717, 1.165) is 22.6 Å². The minimum atomic E-state index is 0.557. The van der Waals surface area contributed by atoms with Crippen molar-refractivity contribution in [2.75, 3.05) is 5.32 Å². The Morgan fingerprint density at radius 3 is 2.84 bits per heavy atom. The maximum absolute atomic E-state index is 5.24. The summed E-state index contributed by atoms with van der Waals surface area (Å²) in [6, 6.07) is 7.89. The van der Waals surface area contributed by atoms with E-state index in [1.807, 2.05) is 44.3 Å². The van der Waals surface area contributed by atoms with Gasteiger partial charge in [0.15, 0.2) is 5.11 Å². The number of hydrogen-bond acceptors (Lipinski definition) is 3. The first-order chi connectivity index (χ1) is 9.13. The molecule has 4 nitrogen and oxygen atoms in total. The topological polar surface area (TPSA) is 49.8 Å². The second-order valence-corrected chi connectivity index (χ2v) is 4.75. The molecule has 0 bridgehead atoms. The highest BCUT2D eigenvalue weighted by atomic mass is 32.1. The van der Waals surface area contributed by atoms with Crippen LogP contribution in [-0.4, -0.2) is 15.1 Å². The second kappa shape index (κ2) is 6.24. The van der Waals surface area contributed by atoms with Gasteiger partial charge in [0.05, 0.1) is 0 Å². The quantitative estimate of drug-likeness (QED) is 0.841. The summed E-state index contributed by atoms with van der Waals surface area (Å²) < 4.78 is 0. The van der Waals surface area contributed by atoms with Crippen LogP contribution in [0.4, 0.5) is 5.82 Å². The van der Waals surface area contributed by atoms with Crippen molar-refractivity contribution >= 4 is 23.1 Å². The molecule has 0 aliphatic heterocycles. The predicted octanol–water partition coefficient (Wildman–Crippen LogP) is 2.58. The summed E-state index contributed by atoms with van der Waals surface area (Å²) in [5.74, 6) is 0.765. The first-order valence-electron chi connectivity index (χ1n) is 6.02. The van der Waals surface area contributed by atoms with Crippen LogP contribution < -0.4 is 10.6 Å². The highest BCUT2D eigenvalue weighted by Crippen LogP contribution is 2.08. The third-order valence-electron chi connectivity index (χ3n) is 2.52. The van der Waals surface area contributed by atoms with E-state index >= 15 is 0 Å². The Kier molecular flexibility index (Phi) is 4.41. The molecular formula is C14H16N4S. The van der Waals surface area contributed by atoms with Gasteiger partial charge in [-0.05, 0) is 55.4 Å². The molecule has 0 fully saturated rings. The monoisotopic (exact) mass is 272 g/mol. The van der Waals surface area contributed by atoms with Crippen LogP contribution in [0.2, 0.25) is 0 Å². The zero-order valence-electron chi connectivity index (χ0n) is 11.0. The minimum Gasteiger partial charge on any atom is -0.358 e. The third kappa shape index (κ3) is 4.30. The Morgan fingerprint density at radius 2 is 2.16 bits per heavy atom. The lowest BCUT2D eigenvalue weighted by Crippen LogP contribution is -2.28. The smallest absolute Gasteiger partial charge is 0.172 e. The zero-order valence-corrected chi connectivity index (χ0v) is 11.8. The fourth-order valence-electron chi connectivity index (χ4n) is 1.75. The Hall–Kier alpha value is -2.01. The van der Waals surface area contributed by atoms with Crippen molar-refractivity contribution < 1.29 is 0 Å². The van der Waals surface area contributed by atoms with Gasteiger partial charge >= 0.3 is 0 Å². The van der Waals surface area contributed by atoms with Crippen LogP contribution in [-0.2, 0) is 6.54 Å². The summed E-state index contributed by atoms with van der Waals surface area (Å²) in [7, 11) is 0. The lowest BCUT2D eigenvalue weighted by molar-refractivity contribution is 0.915. The number of hydrogen-bond donors (Lipinski definition) is 2. The molecule has 0 aromatic carbocycles. The molecule has 2 aromatic rings. The van der Waals surface area contributed by atoms with Crippen molar-refractivity contribution in [3.63, 3.8) is 0 Å². The molecule has 0 aliphatic rings. The standard InChI is InChI=1S/C14H16N4S/c1-10-6-11(2)17-13(7-10)18-14(19)16-9-12-4-3-5-15-8-12/h3-8H,9H2,1-2H3,(H2,16,17,18,19). The Labute approximate surface area is 118 Å². The number of nitrogens with one attached hydrogen (secondary N) is 2. The van der Waals surface area contributed by atoms with Gasteiger partial charge in [0.25, 0.3) is 0 Å². The first kappa shape index (κ1) is 13.4. The van der Waals surface area contributed by atoms with Crippen LogP contribution in [0.25, 0.3) is 0 Å². The van der Waals surface area contributed by atoms with Gasteiger partial charge in [-0.2, -0.15) is 0 Å². The molecule has 0 unspecified atom stereocenters. The highest BCUT2D eigenvalue weighted by Gasteiger charge is 2.01. The molecule has 0 amide bonds. The summed E-state index contributed by atoms with van der Waals surface area (Å²) in [4.78, 5) is 8.43. The van der Waals surface area contributed by atoms with Crippen LogP contribution in [0.15, 0.2) is 36.7 Å². The maximum atomic E-state index is 5.24. The molecule has 98 valence electrons. The van der Waals surface area contributed by atoms with Gasteiger partial charge in [-0.1, -0.05) is 6.07 Å². The predicted molar refractivity (Wildman–Crippen MR) is 81.0 cm³/mol. The van der Waals surface area contributed by atoms with Gasteiger partial charge in [-0.3, -0.25) is 4.98 Å². The van der Waals surface area contributed by atoms with Crippen molar-refractivity contribution in [3.05, 3.63) is 53.5 Å². The molecule has 0 atom stereocenters. The van der Waals surface area contributed by atoms with E-state index < -0.39 is 0 Å². The SMILES string of the molecule is Cc1cc(C)nc(NC(=S)NCc2cccnc2)c1. The Balaban J connectivity index is 1.91. The van der Waals surface area contributed by atoms with E-state index in [9.17, 15) is 0 Å². The maximum Gasteiger partial charge on any atom is 0.172 e. The first-order valence-corrected chi connectivity index (χ1v) is 6.43. The van der Waals surface area contributed by atoms with E-state index in [1.165, 1.54) is 0 Å². The van der Waals surface area contributed by atoms with Crippen LogP contribution in [0, 0.1) is 13.8 Å². The van der Waals surface area contributed by atoms with Gasteiger partial charge in [0.1, 0.15) is 5.82 Å². The summed E-state index contributed by atoms with van der Waals surface area (Å²) in [5.41, 5.74) is 3.21. The van der Waals surface area contributed by atoms with Crippen LogP contribution >= 0.6 is 12.2 Å². The van der Waals surface area contributed by atoms with Gasteiger partial charge in [0, 0.05) is 24.6 Å². The molecule has 2 rings (SSSR count). The molecule has 0 spiro atoms. The number of anilines is 1. The van der Waals surface area contributed by atoms with Gasteiger partial charge < -0.3 is 10.6 Å². The van der Waals surface area contributed by atoms with Crippen molar-refractivity contribution in [1.29, 1.82) is 0 Å². The molecule has 2 N–H and O–H groups in total. The molecule has 2 heterocycles. The van der Waals surface area contributed by atoms with Crippen LogP contribution in [0.3, 0.4) is 0 Å². The molecule has 19 heavy (non-hydrogen) atoms. The van der Waals surface area contributed by atoms with Gasteiger partial charge in [-0.15, -0.1) is 0 Å². The summed E-state index contributed by atoms with van der Waals surface area (Å²) in [6.45, 7) is 4.64. The van der Waals surface area contributed by atoms with E-state index in [-0.39, 0.29) is 0 Å². The Bertz CT molecular complexity index is 549. The molecule has 5 heteroatoms. The molecule has 0 saturated heterocycles. The lowest BCUT2D eigenvalue weighted by atomic mass is 10.2. The van der Waals surface area contributed by atoms with E-state index in [2.05, 4.69) is 20.6 Å². The van der Waals surface area contributed by atoms with Crippen LogP contribution in [0.1, 0.15) is 16.8 Å². The number of rotatable bonds is 3. The molecule has 0 saturated carbocycles. The van der Waals surface area contributed by atoms with Crippen molar-refractivity contribution in [2.45, 2.75) is 20.4 Å². The van der Waals surface area contributed by atoms with E-state index in [4.69, 9.17) is 12.2 Å². The average Bonchev–Trinajstić information content (AvgIpc) is 2.36. The van der Waals surface area contributed by atoms with Crippen molar-refractivity contribution in [2.24, 2.45) is 0 Å². The summed E-state index contributed by atoms with van der Waals surface area (Å²) >= 11 is 5.24. The fraction of sp³-hybridized carbons (Fsp3) is 0.214. The number of pyridine rings is 2. The van der Waals surface area contributed by atoms with E-state index in [0.29, 0.717) is 11.7 Å². The van der Waals surface area contributed by atoms with Gasteiger partial charge in [0.2, 0.25) is 0 Å². The second-order valence-electron chi connectivity index (χ2n) is 4.34. The average molecular weight is 272 g/mol. The van der Waals surface area contributed by atoms with Crippen molar-refractivity contribution in [1.82, 2.24) is 15.3 Å². The number of aromatic nitrogens is 2. The Morgan fingerprint density at radius 1 is 1.32 bits per heavy atom. The number of aryl methyl sites for hydroxylation is 2. The largest absolute Gasteiger partial charge is 0.358 e. The molecule has 2 aromatic heterocycles.